The molecule has 96 valence electrons. The minimum atomic E-state index is -3.47. The molecule has 0 spiro atoms. The summed E-state index contributed by atoms with van der Waals surface area (Å²) in [5.41, 5.74) is 6.32. The van der Waals surface area contributed by atoms with E-state index >= 15 is 0 Å². The van der Waals surface area contributed by atoms with Gasteiger partial charge in [0.15, 0.2) is 4.34 Å². The average Bonchev–Trinajstić information content (AvgIpc) is 2.84. The highest BCUT2D eigenvalue weighted by atomic mass is 32.2. The minimum absolute atomic E-state index is 0.172. The lowest BCUT2D eigenvalue weighted by atomic mass is 10.3. The van der Waals surface area contributed by atoms with Crippen LogP contribution in [0.2, 0.25) is 0 Å². The van der Waals surface area contributed by atoms with Gasteiger partial charge < -0.3 is 5.73 Å². The molecular weight excluding hydrogens is 292 g/mol. The fraction of sp³-hybridized carbons (Fsp3) is 0.111. The summed E-state index contributed by atoms with van der Waals surface area (Å²) in [6, 6.07) is 4.55. The topological polar surface area (TPSA) is 98.0 Å². The van der Waals surface area contributed by atoms with Gasteiger partial charge in [-0.3, -0.25) is 0 Å². The number of nitrogens with one attached hydrogen (secondary N) is 1. The first-order valence-corrected chi connectivity index (χ1v) is 7.88. The zero-order valence-corrected chi connectivity index (χ0v) is 11.8. The van der Waals surface area contributed by atoms with Crippen molar-refractivity contribution in [1.82, 2.24) is 14.1 Å². The summed E-state index contributed by atoms with van der Waals surface area (Å²) in [7, 11) is -2.10. The molecule has 1 aromatic heterocycles. The molecule has 9 heteroatoms. The molecule has 0 bridgehead atoms. The molecule has 1 heterocycles. The Labute approximate surface area is 113 Å². The molecule has 18 heavy (non-hydrogen) atoms. The summed E-state index contributed by atoms with van der Waals surface area (Å²) in [6.07, 6.45) is 1.44. The summed E-state index contributed by atoms with van der Waals surface area (Å²) in [5.74, 6) is 0. The highest BCUT2D eigenvalue weighted by Crippen LogP contribution is 2.33. The van der Waals surface area contributed by atoms with Crippen molar-refractivity contribution in [2.75, 3.05) is 12.8 Å². The van der Waals surface area contributed by atoms with Gasteiger partial charge in [-0.1, -0.05) is 11.8 Å². The predicted molar refractivity (Wildman–Crippen MR) is 71.1 cm³/mol. The second-order valence-electron chi connectivity index (χ2n) is 3.22. The lowest BCUT2D eigenvalue weighted by molar-refractivity contribution is 0.588. The summed E-state index contributed by atoms with van der Waals surface area (Å²) >= 11 is 2.52. The number of nitrogens with two attached hydrogens (primary N) is 1. The molecule has 0 radical (unpaired) electrons. The Kier molecular flexibility index (Phi) is 3.85. The Hall–Kier alpha value is -1.16. The SMILES string of the molecule is CNS(=O)(=O)c1ccc(N)c(Sc2ncns2)c1. The third-order valence-electron chi connectivity index (χ3n) is 2.10. The van der Waals surface area contributed by atoms with Crippen molar-refractivity contribution >= 4 is 39.0 Å². The molecule has 2 aromatic rings. The van der Waals surface area contributed by atoms with Crippen LogP contribution in [0.15, 0.2) is 38.7 Å². The van der Waals surface area contributed by atoms with Crippen LogP contribution in [0, 0.1) is 0 Å². The molecule has 0 fully saturated rings. The van der Waals surface area contributed by atoms with Crippen molar-refractivity contribution < 1.29 is 8.42 Å². The van der Waals surface area contributed by atoms with Crippen LogP contribution in [0.1, 0.15) is 0 Å². The second kappa shape index (κ2) is 5.22. The lowest BCUT2D eigenvalue weighted by Gasteiger charge is -2.07. The smallest absolute Gasteiger partial charge is 0.240 e. The van der Waals surface area contributed by atoms with Crippen molar-refractivity contribution in [2.45, 2.75) is 14.1 Å². The zero-order valence-electron chi connectivity index (χ0n) is 9.32. The largest absolute Gasteiger partial charge is 0.398 e. The molecule has 0 saturated heterocycles. The maximum Gasteiger partial charge on any atom is 0.240 e. The van der Waals surface area contributed by atoms with E-state index in [4.69, 9.17) is 5.73 Å². The molecule has 0 atom stereocenters. The number of hydrogen-bond acceptors (Lipinski definition) is 7. The minimum Gasteiger partial charge on any atom is -0.398 e. The Bertz CT molecular complexity index is 640. The molecule has 6 nitrogen and oxygen atoms in total. The van der Waals surface area contributed by atoms with E-state index < -0.39 is 10.0 Å². The van der Waals surface area contributed by atoms with E-state index in [0.29, 0.717) is 14.9 Å². The van der Waals surface area contributed by atoms with Crippen LogP contribution >= 0.6 is 23.3 Å². The lowest BCUT2D eigenvalue weighted by Crippen LogP contribution is -2.18. The molecule has 3 N–H and O–H groups in total. The van der Waals surface area contributed by atoms with E-state index in [1.165, 1.54) is 48.8 Å². The number of sulfonamides is 1. The van der Waals surface area contributed by atoms with Gasteiger partial charge in [-0.15, -0.1) is 0 Å². The van der Waals surface area contributed by atoms with Crippen LogP contribution in [-0.4, -0.2) is 24.8 Å². The van der Waals surface area contributed by atoms with Crippen molar-refractivity contribution in [3.63, 3.8) is 0 Å². The first kappa shape index (κ1) is 13.3. The van der Waals surface area contributed by atoms with Crippen molar-refractivity contribution in [3.8, 4) is 0 Å². The summed E-state index contributed by atoms with van der Waals surface area (Å²) in [5, 5.41) is 0. The normalized spacial score (nSPS) is 11.6. The van der Waals surface area contributed by atoms with Gasteiger partial charge in [-0.05, 0) is 36.8 Å². The highest BCUT2D eigenvalue weighted by molar-refractivity contribution is 8.01. The van der Waals surface area contributed by atoms with Gasteiger partial charge in [0.25, 0.3) is 0 Å². The summed E-state index contributed by atoms with van der Waals surface area (Å²) < 4.78 is 30.2. The second-order valence-corrected chi connectivity index (χ2v) is 7.17. The van der Waals surface area contributed by atoms with E-state index in [9.17, 15) is 8.42 Å². The first-order chi connectivity index (χ1) is 8.53. The van der Waals surface area contributed by atoms with Crippen LogP contribution in [-0.2, 0) is 10.0 Å². The number of rotatable bonds is 4. The molecule has 2 rings (SSSR count). The van der Waals surface area contributed by atoms with E-state index in [1.54, 1.807) is 6.07 Å². The van der Waals surface area contributed by atoms with Crippen LogP contribution in [0.4, 0.5) is 5.69 Å². The Morgan fingerprint density at radius 1 is 1.44 bits per heavy atom. The van der Waals surface area contributed by atoms with Gasteiger partial charge in [0.05, 0.1) is 4.90 Å². The molecule has 1 aromatic carbocycles. The molecule has 0 unspecified atom stereocenters. The Morgan fingerprint density at radius 2 is 2.22 bits per heavy atom. The zero-order chi connectivity index (χ0) is 13.2. The van der Waals surface area contributed by atoms with Gasteiger partial charge in [-0.25, -0.2) is 18.1 Å². The third-order valence-corrected chi connectivity index (χ3v) is 5.30. The number of anilines is 1. The number of nitrogens with zero attached hydrogens (tertiary/aromatic N) is 2. The fourth-order valence-corrected chi connectivity index (χ4v) is 3.51. The fourth-order valence-electron chi connectivity index (χ4n) is 1.19. The summed E-state index contributed by atoms with van der Waals surface area (Å²) in [6.45, 7) is 0. The standard InChI is InChI=1S/C9H10N4O2S3/c1-11-18(14,15)6-2-3-7(10)8(4-6)16-9-12-5-13-17-9/h2-5,11H,10H2,1H3. The summed E-state index contributed by atoms with van der Waals surface area (Å²) in [4.78, 5) is 4.83. The van der Waals surface area contributed by atoms with Gasteiger partial charge >= 0.3 is 0 Å². The molecule has 0 aliphatic rings. The number of hydrogen-bond donors (Lipinski definition) is 2. The van der Waals surface area contributed by atoms with Crippen LogP contribution in [0.3, 0.4) is 0 Å². The van der Waals surface area contributed by atoms with E-state index in [2.05, 4.69) is 14.1 Å². The van der Waals surface area contributed by atoms with E-state index in [0.717, 1.165) is 0 Å². The van der Waals surface area contributed by atoms with Crippen molar-refractivity contribution in [1.29, 1.82) is 0 Å². The van der Waals surface area contributed by atoms with Gasteiger partial charge in [0, 0.05) is 10.6 Å². The van der Waals surface area contributed by atoms with Crippen LogP contribution in [0.25, 0.3) is 0 Å². The molecular formula is C9H10N4O2S3. The Morgan fingerprint density at radius 3 is 2.83 bits per heavy atom. The van der Waals surface area contributed by atoms with E-state index in [-0.39, 0.29) is 4.90 Å². The first-order valence-electron chi connectivity index (χ1n) is 4.80. The Balaban J connectivity index is 2.39. The van der Waals surface area contributed by atoms with Gasteiger partial charge in [0.1, 0.15) is 6.33 Å². The number of benzene rings is 1. The van der Waals surface area contributed by atoms with Crippen molar-refractivity contribution in [3.05, 3.63) is 24.5 Å². The number of aromatic nitrogens is 2. The van der Waals surface area contributed by atoms with Gasteiger partial charge in [-0.2, -0.15) is 4.37 Å². The molecule has 0 aliphatic heterocycles. The maximum absolute atomic E-state index is 11.7. The average molecular weight is 302 g/mol. The maximum atomic E-state index is 11.7. The van der Waals surface area contributed by atoms with E-state index in [1.807, 2.05) is 0 Å². The third kappa shape index (κ3) is 2.80. The van der Waals surface area contributed by atoms with Crippen LogP contribution in [0.5, 0.6) is 0 Å². The van der Waals surface area contributed by atoms with Crippen molar-refractivity contribution in [2.24, 2.45) is 0 Å². The molecule has 0 saturated carbocycles. The quantitative estimate of drug-likeness (QED) is 0.823. The highest BCUT2D eigenvalue weighted by Gasteiger charge is 2.14. The molecule has 0 aliphatic carbocycles. The predicted octanol–water partition coefficient (Wildman–Crippen LogP) is 1.18. The van der Waals surface area contributed by atoms with Crippen LogP contribution < -0.4 is 10.5 Å². The van der Waals surface area contributed by atoms with Gasteiger partial charge in [0.2, 0.25) is 10.0 Å². The monoisotopic (exact) mass is 302 g/mol. The molecule has 0 amide bonds. The number of nitrogen functional groups attached to an aromatic ring is 1.